The van der Waals surface area contributed by atoms with Crippen LogP contribution in [0.25, 0.3) is 0 Å². The second-order valence-corrected chi connectivity index (χ2v) is 5.39. The number of pyridine rings is 1. The van der Waals surface area contributed by atoms with Gasteiger partial charge in [-0.2, -0.15) is 0 Å². The summed E-state index contributed by atoms with van der Waals surface area (Å²) in [7, 11) is 3.91. The van der Waals surface area contributed by atoms with E-state index in [-0.39, 0.29) is 12.4 Å². The summed E-state index contributed by atoms with van der Waals surface area (Å²) in [4.78, 5) is 7.03. The molecule has 1 aliphatic heterocycles. The molecule has 0 bridgehead atoms. The molecule has 20 heavy (non-hydrogen) atoms. The predicted octanol–water partition coefficient (Wildman–Crippen LogP) is 2.39. The Balaban J connectivity index is 0.00000200. The second kappa shape index (κ2) is 8.45. The van der Waals surface area contributed by atoms with Gasteiger partial charge in [-0.1, -0.05) is 0 Å². The smallest absolute Gasteiger partial charge is 0.122 e. The fourth-order valence-corrected chi connectivity index (χ4v) is 2.73. The lowest BCUT2D eigenvalue weighted by Gasteiger charge is -2.26. The summed E-state index contributed by atoms with van der Waals surface area (Å²) in [5.74, 6) is 0.901. The minimum atomic E-state index is 0. The number of ether oxygens (including phenoxy) is 1. The number of hydrogen-bond acceptors (Lipinski definition) is 4. The van der Waals surface area contributed by atoms with Crippen LogP contribution in [-0.4, -0.2) is 43.2 Å². The van der Waals surface area contributed by atoms with Crippen molar-refractivity contribution < 1.29 is 4.74 Å². The predicted molar refractivity (Wildman–Crippen MR) is 84.7 cm³/mol. The maximum atomic E-state index is 5.31. The van der Waals surface area contributed by atoms with E-state index in [0.29, 0.717) is 6.04 Å². The molecule has 2 heterocycles. The zero-order chi connectivity index (χ0) is 13.7. The first-order chi connectivity index (χ1) is 9.19. The van der Waals surface area contributed by atoms with Gasteiger partial charge in [-0.05, 0) is 46.3 Å². The Bertz CT molecular complexity index is 406. The van der Waals surface area contributed by atoms with E-state index in [0.717, 1.165) is 36.8 Å². The lowest BCUT2D eigenvalue weighted by molar-refractivity contribution is 0.214. The van der Waals surface area contributed by atoms with Crippen LogP contribution in [0.15, 0.2) is 12.1 Å². The van der Waals surface area contributed by atoms with Crippen molar-refractivity contribution in [1.82, 2.24) is 15.2 Å². The van der Waals surface area contributed by atoms with Gasteiger partial charge in [-0.15, -0.1) is 12.4 Å². The highest BCUT2D eigenvalue weighted by molar-refractivity contribution is 5.85. The zero-order valence-electron chi connectivity index (χ0n) is 12.7. The van der Waals surface area contributed by atoms with Gasteiger partial charge in [0.05, 0.1) is 12.8 Å². The van der Waals surface area contributed by atoms with Gasteiger partial charge in [0.1, 0.15) is 5.75 Å². The normalized spacial score (nSPS) is 19.3. The third kappa shape index (κ3) is 4.93. The van der Waals surface area contributed by atoms with E-state index in [1.807, 2.05) is 19.1 Å². The molecular weight excluding hydrogens is 274 g/mol. The van der Waals surface area contributed by atoms with Crippen LogP contribution in [0.3, 0.4) is 0 Å². The molecule has 1 unspecified atom stereocenters. The standard InChI is InChI=1S/C15H25N3O.ClH/c1-12-9-15(19-3)10-13(17-12)11-18(2)14-5-4-7-16-8-6-14;/h9-10,14,16H,4-8,11H2,1-3H3;1H. The van der Waals surface area contributed by atoms with Crippen molar-refractivity contribution in [3.05, 3.63) is 23.5 Å². The van der Waals surface area contributed by atoms with Crippen LogP contribution in [-0.2, 0) is 6.54 Å². The van der Waals surface area contributed by atoms with Gasteiger partial charge < -0.3 is 10.1 Å². The lowest BCUT2D eigenvalue weighted by atomic mass is 10.1. The molecule has 0 aromatic carbocycles. The molecule has 5 heteroatoms. The molecule has 1 fully saturated rings. The monoisotopic (exact) mass is 299 g/mol. The van der Waals surface area contributed by atoms with Gasteiger partial charge >= 0.3 is 0 Å². The molecule has 114 valence electrons. The number of aromatic nitrogens is 1. The quantitative estimate of drug-likeness (QED) is 0.926. The van der Waals surface area contributed by atoms with Gasteiger partial charge in [-0.25, -0.2) is 0 Å². The van der Waals surface area contributed by atoms with Crippen molar-refractivity contribution in [2.75, 3.05) is 27.2 Å². The minimum Gasteiger partial charge on any atom is -0.497 e. The van der Waals surface area contributed by atoms with Crippen molar-refractivity contribution in [3.63, 3.8) is 0 Å². The molecule has 1 aromatic heterocycles. The fraction of sp³-hybridized carbons (Fsp3) is 0.667. The SMILES string of the molecule is COc1cc(C)nc(CN(C)C2CCCNCC2)c1.Cl. The highest BCUT2D eigenvalue weighted by Crippen LogP contribution is 2.18. The van der Waals surface area contributed by atoms with Gasteiger partial charge in [0, 0.05) is 30.4 Å². The second-order valence-electron chi connectivity index (χ2n) is 5.39. The average Bonchev–Trinajstić information content (AvgIpc) is 2.66. The minimum absolute atomic E-state index is 0. The van der Waals surface area contributed by atoms with Crippen LogP contribution in [0.4, 0.5) is 0 Å². The molecule has 1 N–H and O–H groups in total. The summed E-state index contributed by atoms with van der Waals surface area (Å²) in [5, 5.41) is 3.46. The van der Waals surface area contributed by atoms with E-state index in [1.54, 1.807) is 7.11 Å². The number of rotatable bonds is 4. The molecule has 1 atom stereocenters. The molecule has 0 spiro atoms. The lowest BCUT2D eigenvalue weighted by Crippen LogP contribution is -2.32. The Morgan fingerprint density at radius 3 is 2.90 bits per heavy atom. The van der Waals surface area contributed by atoms with Crippen LogP contribution in [0.1, 0.15) is 30.7 Å². The Hall–Kier alpha value is -0.840. The van der Waals surface area contributed by atoms with Crippen LogP contribution in [0.5, 0.6) is 5.75 Å². The Labute approximate surface area is 128 Å². The Morgan fingerprint density at radius 2 is 2.15 bits per heavy atom. The van der Waals surface area contributed by atoms with E-state index in [2.05, 4.69) is 22.2 Å². The first kappa shape index (κ1) is 17.2. The van der Waals surface area contributed by atoms with E-state index >= 15 is 0 Å². The summed E-state index contributed by atoms with van der Waals surface area (Å²) >= 11 is 0. The summed E-state index contributed by atoms with van der Waals surface area (Å²) in [6.45, 7) is 5.19. The van der Waals surface area contributed by atoms with E-state index in [4.69, 9.17) is 4.74 Å². The van der Waals surface area contributed by atoms with Crippen LogP contribution in [0, 0.1) is 6.92 Å². The van der Waals surface area contributed by atoms with Crippen molar-refractivity contribution in [3.8, 4) is 5.75 Å². The molecule has 0 aliphatic carbocycles. The highest BCUT2D eigenvalue weighted by atomic mass is 35.5. The van der Waals surface area contributed by atoms with Gasteiger partial charge in [0.15, 0.2) is 0 Å². The number of aryl methyl sites for hydroxylation is 1. The molecule has 0 amide bonds. The summed E-state index contributed by atoms with van der Waals surface area (Å²) in [6, 6.07) is 4.67. The largest absolute Gasteiger partial charge is 0.497 e. The third-order valence-electron chi connectivity index (χ3n) is 3.80. The Morgan fingerprint density at radius 1 is 1.35 bits per heavy atom. The van der Waals surface area contributed by atoms with E-state index < -0.39 is 0 Å². The maximum absolute atomic E-state index is 5.31. The maximum Gasteiger partial charge on any atom is 0.122 e. The van der Waals surface area contributed by atoms with Crippen LogP contribution < -0.4 is 10.1 Å². The number of halogens is 1. The molecule has 1 aliphatic rings. The van der Waals surface area contributed by atoms with Crippen molar-refractivity contribution >= 4 is 12.4 Å². The first-order valence-electron chi connectivity index (χ1n) is 7.11. The number of hydrogen-bond donors (Lipinski definition) is 1. The zero-order valence-corrected chi connectivity index (χ0v) is 13.5. The van der Waals surface area contributed by atoms with Crippen molar-refractivity contribution in [2.45, 2.75) is 38.8 Å². The van der Waals surface area contributed by atoms with Gasteiger partial charge in [0.2, 0.25) is 0 Å². The van der Waals surface area contributed by atoms with Gasteiger partial charge in [-0.3, -0.25) is 9.88 Å². The highest BCUT2D eigenvalue weighted by Gasteiger charge is 2.17. The van der Waals surface area contributed by atoms with Gasteiger partial charge in [0.25, 0.3) is 0 Å². The fourth-order valence-electron chi connectivity index (χ4n) is 2.73. The Kier molecular flexibility index (Phi) is 7.27. The van der Waals surface area contributed by atoms with Crippen molar-refractivity contribution in [1.29, 1.82) is 0 Å². The molecule has 1 aromatic rings. The molecular formula is C15H26ClN3O. The number of nitrogens with zero attached hydrogens (tertiary/aromatic N) is 2. The van der Waals surface area contributed by atoms with Crippen LogP contribution >= 0.6 is 12.4 Å². The summed E-state index contributed by atoms with van der Waals surface area (Å²) in [5.41, 5.74) is 2.11. The summed E-state index contributed by atoms with van der Waals surface area (Å²) < 4.78 is 5.31. The topological polar surface area (TPSA) is 37.4 Å². The molecule has 0 saturated carbocycles. The van der Waals surface area contributed by atoms with E-state index in [9.17, 15) is 0 Å². The van der Waals surface area contributed by atoms with Crippen LogP contribution in [0.2, 0.25) is 0 Å². The first-order valence-corrected chi connectivity index (χ1v) is 7.11. The molecule has 0 radical (unpaired) electrons. The molecule has 2 rings (SSSR count). The van der Waals surface area contributed by atoms with Crippen molar-refractivity contribution in [2.24, 2.45) is 0 Å². The molecule has 4 nitrogen and oxygen atoms in total. The third-order valence-corrected chi connectivity index (χ3v) is 3.80. The molecule has 1 saturated heterocycles. The number of methoxy groups -OCH3 is 1. The number of nitrogens with one attached hydrogen (secondary N) is 1. The summed E-state index contributed by atoms with van der Waals surface area (Å²) in [6.07, 6.45) is 3.76. The van der Waals surface area contributed by atoms with E-state index in [1.165, 1.54) is 19.3 Å². The average molecular weight is 300 g/mol.